The Bertz CT molecular complexity index is 943. The standard InChI is InChI=1S/C22H31N5O3/c1-15-7-8-17-18(24-15)13-16(14-23-17)26-9-11-27(12-10-26)19(28)22(5,6)25-20(29)30-21(2,3)4/h7-8,13-14H,9-12H2,1-6H3,(H,25,29). The first-order chi connectivity index (χ1) is 13.9. The molecule has 1 aliphatic rings. The summed E-state index contributed by atoms with van der Waals surface area (Å²) in [5, 5.41) is 2.69. The predicted molar refractivity (Wildman–Crippen MR) is 117 cm³/mol. The van der Waals surface area contributed by atoms with Gasteiger partial charge in [-0.15, -0.1) is 0 Å². The van der Waals surface area contributed by atoms with E-state index in [4.69, 9.17) is 4.74 Å². The number of aryl methyl sites for hydroxylation is 1. The number of anilines is 1. The molecule has 0 spiro atoms. The molecular weight excluding hydrogens is 382 g/mol. The van der Waals surface area contributed by atoms with Gasteiger partial charge in [0.25, 0.3) is 0 Å². The van der Waals surface area contributed by atoms with Gasteiger partial charge in [0, 0.05) is 31.9 Å². The monoisotopic (exact) mass is 413 g/mol. The Labute approximate surface area is 177 Å². The highest BCUT2D eigenvalue weighted by molar-refractivity contribution is 5.89. The Morgan fingerprint density at radius 1 is 1.03 bits per heavy atom. The van der Waals surface area contributed by atoms with E-state index in [1.165, 1.54) is 0 Å². The number of pyridine rings is 2. The fourth-order valence-corrected chi connectivity index (χ4v) is 3.45. The van der Waals surface area contributed by atoms with E-state index in [1.807, 2.05) is 31.3 Å². The van der Waals surface area contributed by atoms with Gasteiger partial charge >= 0.3 is 6.09 Å². The number of aromatic nitrogens is 2. The first-order valence-electron chi connectivity index (χ1n) is 10.2. The largest absolute Gasteiger partial charge is 0.444 e. The normalized spacial score (nSPS) is 15.3. The minimum atomic E-state index is -1.05. The van der Waals surface area contributed by atoms with Gasteiger partial charge in [0.1, 0.15) is 11.1 Å². The molecule has 2 aromatic heterocycles. The van der Waals surface area contributed by atoms with Crippen LogP contribution in [0.4, 0.5) is 10.5 Å². The van der Waals surface area contributed by atoms with Crippen molar-refractivity contribution in [3.05, 3.63) is 30.1 Å². The highest BCUT2D eigenvalue weighted by Crippen LogP contribution is 2.21. The molecule has 2 amide bonds. The third-order valence-electron chi connectivity index (χ3n) is 4.94. The number of hydrogen-bond donors (Lipinski definition) is 1. The van der Waals surface area contributed by atoms with Crippen LogP contribution in [0.15, 0.2) is 24.4 Å². The van der Waals surface area contributed by atoms with Crippen LogP contribution in [0.2, 0.25) is 0 Å². The molecule has 0 aromatic carbocycles. The van der Waals surface area contributed by atoms with Crippen molar-refractivity contribution >= 4 is 28.7 Å². The maximum atomic E-state index is 13.0. The van der Waals surface area contributed by atoms with E-state index in [2.05, 4.69) is 20.2 Å². The average molecular weight is 414 g/mol. The molecule has 0 bridgehead atoms. The number of ether oxygens (including phenoxy) is 1. The second-order valence-corrected chi connectivity index (χ2v) is 9.22. The van der Waals surface area contributed by atoms with Crippen LogP contribution >= 0.6 is 0 Å². The van der Waals surface area contributed by atoms with Crippen LogP contribution in [0.3, 0.4) is 0 Å². The van der Waals surface area contributed by atoms with Crippen LogP contribution in [-0.4, -0.2) is 64.2 Å². The Hall–Kier alpha value is -2.90. The van der Waals surface area contributed by atoms with Crippen molar-refractivity contribution in [3.8, 4) is 0 Å². The zero-order valence-corrected chi connectivity index (χ0v) is 18.7. The first kappa shape index (κ1) is 21.8. The smallest absolute Gasteiger partial charge is 0.408 e. The molecule has 1 saturated heterocycles. The summed E-state index contributed by atoms with van der Waals surface area (Å²) in [5.74, 6) is -0.123. The van der Waals surface area contributed by atoms with Gasteiger partial charge in [-0.05, 0) is 59.7 Å². The van der Waals surface area contributed by atoms with Gasteiger partial charge in [0.05, 0.1) is 22.9 Å². The maximum absolute atomic E-state index is 13.0. The topological polar surface area (TPSA) is 87.7 Å². The Balaban J connectivity index is 1.62. The van der Waals surface area contributed by atoms with Gasteiger partial charge in [0.15, 0.2) is 0 Å². The van der Waals surface area contributed by atoms with E-state index in [9.17, 15) is 9.59 Å². The summed E-state index contributed by atoms with van der Waals surface area (Å²) in [6, 6.07) is 5.96. The zero-order valence-electron chi connectivity index (χ0n) is 18.7. The van der Waals surface area contributed by atoms with Crippen LogP contribution < -0.4 is 10.2 Å². The Kier molecular flexibility index (Phi) is 5.87. The molecule has 2 aromatic rings. The summed E-state index contributed by atoms with van der Waals surface area (Å²) < 4.78 is 5.29. The zero-order chi connectivity index (χ0) is 22.1. The lowest BCUT2D eigenvalue weighted by Crippen LogP contribution is -2.60. The summed E-state index contributed by atoms with van der Waals surface area (Å²) in [7, 11) is 0. The molecule has 1 aliphatic heterocycles. The molecule has 30 heavy (non-hydrogen) atoms. The molecule has 0 unspecified atom stereocenters. The van der Waals surface area contributed by atoms with E-state index < -0.39 is 17.2 Å². The van der Waals surface area contributed by atoms with Crippen molar-refractivity contribution in [2.75, 3.05) is 31.1 Å². The van der Waals surface area contributed by atoms with Crippen molar-refractivity contribution in [2.24, 2.45) is 0 Å². The van der Waals surface area contributed by atoms with Gasteiger partial charge in [-0.1, -0.05) is 0 Å². The van der Waals surface area contributed by atoms with E-state index >= 15 is 0 Å². The third kappa shape index (κ3) is 5.17. The molecule has 8 nitrogen and oxygen atoms in total. The van der Waals surface area contributed by atoms with E-state index in [1.54, 1.807) is 39.5 Å². The van der Waals surface area contributed by atoms with Crippen molar-refractivity contribution in [1.29, 1.82) is 0 Å². The van der Waals surface area contributed by atoms with Gasteiger partial charge < -0.3 is 19.9 Å². The number of rotatable bonds is 3. The van der Waals surface area contributed by atoms with Gasteiger partial charge in [-0.25, -0.2) is 4.79 Å². The summed E-state index contributed by atoms with van der Waals surface area (Å²) in [6.45, 7) is 13.2. The lowest BCUT2D eigenvalue weighted by Gasteiger charge is -2.39. The van der Waals surface area contributed by atoms with Crippen molar-refractivity contribution in [2.45, 2.75) is 52.7 Å². The number of carbonyl (C=O) groups is 2. The van der Waals surface area contributed by atoms with E-state index in [-0.39, 0.29) is 5.91 Å². The molecule has 3 heterocycles. The lowest BCUT2D eigenvalue weighted by atomic mass is 10.0. The quantitative estimate of drug-likeness (QED) is 0.833. The van der Waals surface area contributed by atoms with Crippen molar-refractivity contribution in [3.63, 3.8) is 0 Å². The maximum Gasteiger partial charge on any atom is 0.408 e. The molecular formula is C22H31N5O3. The molecule has 8 heteroatoms. The SMILES string of the molecule is Cc1ccc2ncc(N3CCN(C(=O)C(C)(C)NC(=O)OC(C)(C)C)CC3)cc2n1. The molecule has 0 saturated carbocycles. The molecule has 3 rings (SSSR count). The highest BCUT2D eigenvalue weighted by Gasteiger charge is 2.36. The van der Waals surface area contributed by atoms with Gasteiger partial charge in [-0.3, -0.25) is 14.8 Å². The molecule has 162 valence electrons. The fourth-order valence-electron chi connectivity index (χ4n) is 3.45. The van der Waals surface area contributed by atoms with Gasteiger partial charge in [0.2, 0.25) is 5.91 Å². The van der Waals surface area contributed by atoms with E-state index in [0.717, 1.165) is 22.4 Å². The average Bonchev–Trinajstić information content (AvgIpc) is 2.65. The van der Waals surface area contributed by atoms with Crippen LogP contribution in [0.25, 0.3) is 11.0 Å². The van der Waals surface area contributed by atoms with E-state index in [0.29, 0.717) is 26.2 Å². The molecule has 0 aliphatic carbocycles. The van der Waals surface area contributed by atoms with Crippen molar-refractivity contribution in [1.82, 2.24) is 20.2 Å². The number of nitrogens with one attached hydrogen (secondary N) is 1. The lowest BCUT2D eigenvalue weighted by molar-refractivity contribution is -0.137. The number of hydrogen-bond acceptors (Lipinski definition) is 6. The first-order valence-corrected chi connectivity index (χ1v) is 10.2. The molecule has 0 radical (unpaired) electrons. The number of alkyl carbamates (subject to hydrolysis) is 1. The second kappa shape index (κ2) is 8.08. The highest BCUT2D eigenvalue weighted by atomic mass is 16.6. The minimum Gasteiger partial charge on any atom is -0.444 e. The number of piperazine rings is 1. The number of amides is 2. The Morgan fingerprint density at radius 2 is 1.70 bits per heavy atom. The molecule has 0 atom stereocenters. The minimum absolute atomic E-state index is 0.123. The van der Waals surface area contributed by atoms with Gasteiger partial charge in [-0.2, -0.15) is 0 Å². The number of fused-ring (bicyclic) bond motifs is 1. The number of nitrogens with zero attached hydrogens (tertiary/aromatic N) is 4. The van der Waals surface area contributed by atoms with Crippen LogP contribution in [0.1, 0.15) is 40.3 Å². The summed E-state index contributed by atoms with van der Waals surface area (Å²) >= 11 is 0. The van der Waals surface area contributed by atoms with Crippen LogP contribution in [0, 0.1) is 6.92 Å². The molecule has 1 fully saturated rings. The van der Waals surface area contributed by atoms with Crippen LogP contribution in [-0.2, 0) is 9.53 Å². The Morgan fingerprint density at radius 3 is 2.33 bits per heavy atom. The third-order valence-corrected chi connectivity index (χ3v) is 4.94. The molecule has 1 N–H and O–H groups in total. The van der Waals surface area contributed by atoms with Crippen LogP contribution in [0.5, 0.6) is 0 Å². The second-order valence-electron chi connectivity index (χ2n) is 9.22. The van der Waals surface area contributed by atoms with Crippen molar-refractivity contribution < 1.29 is 14.3 Å². The summed E-state index contributed by atoms with van der Waals surface area (Å²) in [6.07, 6.45) is 1.26. The fraction of sp³-hybridized carbons (Fsp3) is 0.545. The number of carbonyl (C=O) groups excluding carboxylic acids is 2. The summed E-state index contributed by atoms with van der Waals surface area (Å²) in [5.41, 5.74) is 2.03. The summed E-state index contributed by atoms with van der Waals surface area (Å²) in [4.78, 5) is 38.1. The predicted octanol–water partition coefficient (Wildman–Crippen LogP) is 2.89.